The lowest BCUT2D eigenvalue weighted by Crippen LogP contribution is -2.62. The van der Waals surface area contributed by atoms with Crippen molar-refractivity contribution < 1.29 is 19.1 Å². The number of ether oxygens (including phenoxy) is 1. The maximum Gasteiger partial charge on any atom is 0.171 e. The van der Waals surface area contributed by atoms with Crippen molar-refractivity contribution in [3.05, 3.63) is 12.2 Å². The van der Waals surface area contributed by atoms with Gasteiger partial charge < -0.3 is 4.74 Å². The number of rotatable bonds is 0. The van der Waals surface area contributed by atoms with E-state index in [9.17, 15) is 14.4 Å². The Morgan fingerprint density at radius 3 is 2.43 bits per heavy atom. The molecule has 0 amide bonds. The van der Waals surface area contributed by atoms with Gasteiger partial charge in [0.1, 0.15) is 17.7 Å². The highest BCUT2D eigenvalue weighted by Crippen LogP contribution is 2.69. The standard InChI is InChI=1S/C19H20O4/c1-18-5-2-6-19(18)13-12(16(23-19)17(18)22)14(20)10-8-3-4-9(7-8)11(10)15(13)21/h3-4,8-13,16H,2,5-7H2,1H3/t8-,9+,10-,11+,12-,13+,16+,18+,19-/m1/s1. The highest BCUT2D eigenvalue weighted by molar-refractivity contribution is 6.09. The summed E-state index contributed by atoms with van der Waals surface area (Å²) >= 11 is 0. The van der Waals surface area contributed by atoms with Crippen molar-refractivity contribution in [2.75, 3.05) is 0 Å². The van der Waals surface area contributed by atoms with Crippen molar-refractivity contribution >= 4 is 17.3 Å². The number of carbonyl (C=O) groups is 3. The van der Waals surface area contributed by atoms with Crippen LogP contribution in [0, 0.1) is 40.9 Å². The van der Waals surface area contributed by atoms with Gasteiger partial charge in [-0.15, -0.1) is 0 Å². The SMILES string of the molecule is C[C@@]12CCC[C@]13O[C@H](C2=O)[C@H]1C(=O)[C@H]2[C@@H](C(=O)[C@H]13)[C@H]1C=C[C@@H]2C1. The number of hydrogen-bond donors (Lipinski definition) is 0. The Kier molecular flexibility index (Phi) is 2.01. The Morgan fingerprint density at radius 1 is 1.00 bits per heavy atom. The maximum atomic E-state index is 13.4. The average molecular weight is 312 g/mol. The predicted molar refractivity (Wildman–Crippen MR) is 79.3 cm³/mol. The number of carbonyl (C=O) groups excluding carboxylic acids is 3. The molecule has 4 nitrogen and oxygen atoms in total. The molecule has 0 aromatic heterocycles. The molecule has 6 rings (SSSR count). The summed E-state index contributed by atoms with van der Waals surface area (Å²) in [5.41, 5.74) is -1.22. The average Bonchev–Trinajstić information content (AvgIpc) is 3.28. The Morgan fingerprint density at radius 2 is 1.70 bits per heavy atom. The zero-order chi connectivity index (χ0) is 15.7. The van der Waals surface area contributed by atoms with E-state index in [2.05, 4.69) is 12.2 Å². The van der Waals surface area contributed by atoms with Gasteiger partial charge in [-0.2, -0.15) is 0 Å². The number of allylic oxidation sites excluding steroid dienone is 2. The van der Waals surface area contributed by atoms with Crippen LogP contribution in [0.4, 0.5) is 0 Å². The Balaban J connectivity index is 1.54. The third kappa shape index (κ3) is 1.09. The first-order valence-electron chi connectivity index (χ1n) is 8.97. The van der Waals surface area contributed by atoms with Gasteiger partial charge in [-0.1, -0.05) is 12.2 Å². The van der Waals surface area contributed by atoms with E-state index < -0.39 is 23.0 Å². The van der Waals surface area contributed by atoms with E-state index in [1.807, 2.05) is 6.92 Å². The van der Waals surface area contributed by atoms with Crippen molar-refractivity contribution in [1.29, 1.82) is 0 Å². The molecule has 0 radical (unpaired) electrons. The van der Waals surface area contributed by atoms with E-state index in [0.717, 1.165) is 25.7 Å². The predicted octanol–water partition coefficient (Wildman–Crippen LogP) is 1.72. The highest BCUT2D eigenvalue weighted by Gasteiger charge is 2.80. The molecular formula is C19H20O4. The smallest absolute Gasteiger partial charge is 0.171 e. The fourth-order valence-electron chi connectivity index (χ4n) is 7.33. The molecule has 9 atom stereocenters. The summed E-state index contributed by atoms with van der Waals surface area (Å²) in [5, 5.41) is 0. The zero-order valence-corrected chi connectivity index (χ0v) is 13.2. The largest absolute Gasteiger partial charge is 0.361 e. The third-order valence-electron chi connectivity index (χ3n) is 8.24. The van der Waals surface area contributed by atoms with Crippen LogP contribution < -0.4 is 0 Å². The van der Waals surface area contributed by atoms with Crippen LogP contribution in [0.2, 0.25) is 0 Å². The second-order valence-electron chi connectivity index (χ2n) is 8.79. The molecule has 0 aromatic carbocycles. The summed E-state index contributed by atoms with van der Waals surface area (Å²) in [6, 6.07) is 0. The van der Waals surface area contributed by atoms with Crippen LogP contribution in [0.1, 0.15) is 32.6 Å². The van der Waals surface area contributed by atoms with Crippen LogP contribution in [0.25, 0.3) is 0 Å². The molecule has 0 unspecified atom stereocenters. The minimum Gasteiger partial charge on any atom is -0.361 e. The summed E-state index contributed by atoms with van der Waals surface area (Å²) in [4.78, 5) is 39.6. The van der Waals surface area contributed by atoms with Crippen molar-refractivity contribution in [3.63, 3.8) is 0 Å². The third-order valence-corrected chi connectivity index (χ3v) is 8.24. The van der Waals surface area contributed by atoms with Crippen molar-refractivity contribution in [3.8, 4) is 0 Å². The Bertz CT molecular complexity index is 723. The molecule has 2 heterocycles. The fourth-order valence-corrected chi connectivity index (χ4v) is 7.33. The van der Waals surface area contributed by atoms with Gasteiger partial charge in [0.25, 0.3) is 0 Å². The van der Waals surface area contributed by atoms with E-state index in [-0.39, 0.29) is 46.9 Å². The van der Waals surface area contributed by atoms with Gasteiger partial charge >= 0.3 is 0 Å². The van der Waals surface area contributed by atoms with Crippen LogP contribution in [-0.2, 0) is 19.1 Å². The number of Topliss-reactive ketones (excluding diaryl/α,β-unsaturated/α-hetero) is 3. The van der Waals surface area contributed by atoms with Crippen molar-refractivity contribution in [2.24, 2.45) is 40.9 Å². The van der Waals surface area contributed by atoms with Gasteiger partial charge in [-0.25, -0.2) is 0 Å². The number of hydrogen-bond acceptors (Lipinski definition) is 4. The Hall–Kier alpha value is -1.29. The Labute approximate surface area is 134 Å². The van der Waals surface area contributed by atoms with E-state index in [4.69, 9.17) is 4.74 Å². The first-order chi connectivity index (χ1) is 11.0. The highest BCUT2D eigenvalue weighted by atomic mass is 16.5. The molecule has 4 heteroatoms. The minimum absolute atomic E-state index is 0.0922. The molecule has 23 heavy (non-hydrogen) atoms. The quantitative estimate of drug-likeness (QED) is 0.639. The lowest BCUT2D eigenvalue weighted by Gasteiger charge is -2.47. The molecule has 3 saturated carbocycles. The monoisotopic (exact) mass is 312 g/mol. The van der Waals surface area contributed by atoms with E-state index in [1.54, 1.807) is 0 Å². The fraction of sp³-hybridized carbons (Fsp3) is 0.737. The normalized spacial score (nSPS) is 61.3. The summed E-state index contributed by atoms with van der Waals surface area (Å²) in [6.07, 6.45) is 7.02. The summed E-state index contributed by atoms with van der Waals surface area (Å²) < 4.78 is 6.23. The second kappa shape index (κ2) is 3.53. The van der Waals surface area contributed by atoms with Gasteiger partial charge in [0, 0.05) is 11.8 Å². The van der Waals surface area contributed by atoms with E-state index in [1.165, 1.54) is 0 Å². The number of fused-ring (bicyclic) bond motifs is 8. The summed E-state index contributed by atoms with van der Waals surface area (Å²) in [6.45, 7) is 1.98. The van der Waals surface area contributed by atoms with Crippen LogP contribution in [0.5, 0.6) is 0 Å². The summed E-state index contributed by atoms with van der Waals surface area (Å²) in [5.74, 6) is -0.246. The van der Waals surface area contributed by atoms with Crippen LogP contribution in [0.15, 0.2) is 12.2 Å². The van der Waals surface area contributed by atoms with Gasteiger partial charge in [0.2, 0.25) is 0 Å². The van der Waals surface area contributed by atoms with Crippen molar-refractivity contribution in [2.45, 2.75) is 44.3 Å². The van der Waals surface area contributed by atoms with Gasteiger partial charge in [0.15, 0.2) is 5.78 Å². The van der Waals surface area contributed by atoms with Crippen LogP contribution in [-0.4, -0.2) is 29.1 Å². The molecule has 1 spiro atoms. The van der Waals surface area contributed by atoms with Crippen LogP contribution >= 0.6 is 0 Å². The van der Waals surface area contributed by atoms with Crippen molar-refractivity contribution in [1.82, 2.24) is 0 Å². The maximum absolute atomic E-state index is 13.4. The summed E-state index contributed by atoms with van der Waals surface area (Å²) in [7, 11) is 0. The van der Waals surface area contributed by atoms with E-state index >= 15 is 0 Å². The second-order valence-corrected chi connectivity index (χ2v) is 8.79. The molecule has 2 saturated heterocycles. The lowest BCUT2D eigenvalue weighted by atomic mass is 9.51. The first kappa shape index (κ1) is 13.1. The molecular weight excluding hydrogens is 292 g/mol. The lowest BCUT2D eigenvalue weighted by molar-refractivity contribution is -0.157. The molecule has 2 aliphatic heterocycles. The van der Waals surface area contributed by atoms with Crippen LogP contribution in [0.3, 0.4) is 0 Å². The van der Waals surface area contributed by atoms with Gasteiger partial charge in [-0.05, 0) is 44.4 Å². The molecule has 4 aliphatic carbocycles. The van der Waals surface area contributed by atoms with E-state index in [0.29, 0.717) is 0 Å². The molecule has 0 aromatic rings. The molecule has 120 valence electrons. The molecule has 6 aliphatic rings. The van der Waals surface area contributed by atoms with Gasteiger partial charge in [0.05, 0.1) is 22.9 Å². The zero-order valence-electron chi connectivity index (χ0n) is 13.2. The molecule has 4 bridgehead atoms. The molecule has 5 fully saturated rings. The van der Waals surface area contributed by atoms with Gasteiger partial charge in [-0.3, -0.25) is 14.4 Å². The number of ketones is 3. The minimum atomic E-state index is -0.678. The molecule has 0 N–H and O–H groups in total. The topological polar surface area (TPSA) is 60.4 Å². The first-order valence-corrected chi connectivity index (χ1v) is 8.97.